The lowest BCUT2D eigenvalue weighted by molar-refractivity contribution is -0.177. The van der Waals surface area contributed by atoms with Gasteiger partial charge in [-0.2, -0.15) is 0 Å². The van der Waals surface area contributed by atoms with Gasteiger partial charge in [-0.3, -0.25) is 9.69 Å². The monoisotopic (exact) mass is 458 g/mol. The van der Waals surface area contributed by atoms with E-state index in [1.165, 1.54) is 0 Å². The average molecular weight is 458 g/mol. The molecule has 0 aliphatic carbocycles. The van der Waals surface area contributed by atoms with Gasteiger partial charge in [0.25, 0.3) is 5.91 Å². The number of carbonyl (C=O) groups is 3. The number of morpholine rings is 1. The standard InChI is InChI=1S/C24H27FN2O6/c1-14-16(3-4-17-18(14)12-31-22(17)29)19(25)11-26-7-5-24(6-8-26)23(30)27(9-10-33-24)20-13-32-21(28)15(20)2/h3-4,19H,5-13H2,1-2H3/t19-/m1/s1. The molecule has 0 aromatic heterocycles. The Kier molecular flexibility index (Phi) is 5.49. The minimum absolute atomic E-state index is 0.110. The molecule has 0 unspecified atom stereocenters. The van der Waals surface area contributed by atoms with Crippen LogP contribution in [-0.4, -0.2) is 72.6 Å². The maximum absolute atomic E-state index is 15.3. The molecule has 5 rings (SSSR count). The number of alkyl halides is 1. The fourth-order valence-electron chi connectivity index (χ4n) is 5.23. The smallest absolute Gasteiger partial charge is 0.338 e. The first-order valence-electron chi connectivity index (χ1n) is 11.3. The number of esters is 2. The quantitative estimate of drug-likeness (QED) is 0.640. The van der Waals surface area contributed by atoms with Crippen molar-refractivity contribution < 1.29 is 33.0 Å². The molecule has 4 aliphatic rings. The Labute approximate surface area is 191 Å². The van der Waals surface area contributed by atoms with E-state index < -0.39 is 11.8 Å². The number of fused-ring (bicyclic) bond motifs is 1. The summed E-state index contributed by atoms with van der Waals surface area (Å²) in [7, 11) is 0. The number of nitrogens with zero attached hydrogens (tertiary/aromatic N) is 2. The summed E-state index contributed by atoms with van der Waals surface area (Å²) < 4.78 is 31.4. The molecule has 1 atom stereocenters. The first kappa shape index (κ1) is 22.0. The van der Waals surface area contributed by atoms with Crippen LogP contribution in [0.3, 0.4) is 0 Å². The summed E-state index contributed by atoms with van der Waals surface area (Å²) in [5.74, 6) is -0.890. The van der Waals surface area contributed by atoms with E-state index in [9.17, 15) is 14.4 Å². The van der Waals surface area contributed by atoms with E-state index in [4.69, 9.17) is 14.2 Å². The number of hydrogen-bond acceptors (Lipinski definition) is 7. The van der Waals surface area contributed by atoms with Crippen LogP contribution in [-0.2, 0) is 30.4 Å². The van der Waals surface area contributed by atoms with Gasteiger partial charge in [0, 0.05) is 31.7 Å². The molecule has 2 saturated heterocycles. The number of piperidine rings is 1. The molecular formula is C24H27FN2O6. The number of carbonyl (C=O) groups excluding carboxylic acids is 3. The number of halogens is 1. The average Bonchev–Trinajstić information content (AvgIpc) is 3.35. The predicted molar refractivity (Wildman–Crippen MR) is 114 cm³/mol. The fourth-order valence-corrected chi connectivity index (χ4v) is 5.23. The van der Waals surface area contributed by atoms with Gasteiger partial charge in [0.05, 0.1) is 23.4 Å². The van der Waals surface area contributed by atoms with Gasteiger partial charge in [0.15, 0.2) is 0 Å². The van der Waals surface area contributed by atoms with Gasteiger partial charge in [0.1, 0.15) is 25.0 Å². The van der Waals surface area contributed by atoms with Crippen LogP contribution in [0.15, 0.2) is 23.4 Å². The minimum atomic E-state index is -1.21. The zero-order chi connectivity index (χ0) is 23.3. The number of amides is 1. The summed E-state index contributed by atoms with van der Waals surface area (Å²) in [6.45, 7) is 5.83. The molecule has 1 aromatic rings. The van der Waals surface area contributed by atoms with E-state index in [0.717, 1.165) is 11.1 Å². The van der Waals surface area contributed by atoms with Gasteiger partial charge < -0.3 is 19.1 Å². The van der Waals surface area contributed by atoms with Crippen molar-refractivity contribution in [3.63, 3.8) is 0 Å². The molecule has 1 spiro atoms. The molecule has 0 radical (unpaired) electrons. The number of likely N-dealkylation sites (tertiary alicyclic amines) is 1. The molecule has 0 saturated carbocycles. The summed E-state index contributed by atoms with van der Waals surface area (Å²) in [4.78, 5) is 40.5. The van der Waals surface area contributed by atoms with Gasteiger partial charge in [-0.15, -0.1) is 0 Å². The number of hydrogen-bond donors (Lipinski definition) is 0. The first-order chi connectivity index (χ1) is 15.8. The van der Waals surface area contributed by atoms with Gasteiger partial charge in [-0.05, 0) is 43.9 Å². The number of rotatable bonds is 4. The van der Waals surface area contributed by atoms with Crippen LogP contribution >= 0.6 is 0 Å². The molecular weight excluding hydrogens is 431 g/mol. The summed E-state index contributed by atoms with van der Waals surface area (Å²) in [6, 6.07) is 3.31. The lowest BCUT2D eigenvalue weighted by Crippen LogP contribution is -2.60. The Morgan fingerprint density at radius 3 is 2.45 bits per heavy atom. The molecule has 4 aliphatic heterocycles. The highest BCUT2D eigenvalue weighted by atomic mass is 19.1. The molecule has 8 nitrogen and oxygen atoms in total. The molecule has 1 amide bonds. The van der Waals surface area contributed by atoms with Crippen molar-refractivity contribution in [2.45, 2.75) is 45.1 Å². The van der Waals surface area contributed by atoms with Crippen LogP contribution < -0.4 is 0 Å². The zero-order valence-electron chi connectivity index (χ0n) is 18.8. The SMILES string of the molecule is CC1=C(N2CCOC3(CCN(C[C@@H](F)c4ccc5c(c4C)COC5=O)CC3)C2=O)COC1=O. The molecule has 4 heterocycles. The van der Waals surface area contributed by atoms with Crippen LogP contribution in [0.25, 0.3) is 0 Å². The summed E-state index contributed by atoms with van der Waals surface area (Å²) in [5, 5.41) is 0. The lowest BCUT2D eigenvalue weighted by atomic mass is 9.87. The third-order valence-corrected chi connectivity index (χ3v) is 7.36. The van der Waals surface area contributed by atoms with Crippen molar-refractivity contribution in [3.8, 4) is 0 Å². The highest BCUT2D eigenvalue weighted by Gasteiger charge is 2.49. The largest absolute Gasteiger partial charge is 0.457 e. The molecule has 0 bridgehead atoms. The van der Waals surface area contributed by atoms with Crippen LogP contribution in [0.2, 0.25) is 0 Å². The van der Waals surface area contributed by atoms with E-state index >= 15 is 4.39 Å². The highest BCUT2D eigenvalue weighted by molar-refractivity contribution is 5.95. The molecule has 2 fully saturated rings. The van der Waals surface area contributed by atoms with Crippen molar-refractivity contribution in [1.82, 2.24) is 9.80 Å². The summed E-state index contributed by atoms with van der Waals surface area (Å²) >= 11 is 0. The Bertz CT molecular complexity index is 1060. The Hall–Kier alpha value is -2.78. The zero-order valence-corrected chi connectivity index (χ0v) is 18.8. The van der Waals surface area contributed by atoms with Gasteiger partial charge in [-0.25, -0.2) is 14.0 Å². The fraction of sp³-hybridized carbons (Fsp3) is 0.542. The van der Waals surface area contributed by atoms with Crippen molar-refractivity contribution in [1.29, 1.82) is 0 Å². The number of cyclic esters (lactones) is 2. The normalized spacial score (nSPS) is 23.7. The summed E-state index contributed by atoms with van der Waals surface area (Å²) in [6.07, 6.45) is -0.294. The van der Waals surface area contributed by atoms with E-state index in [-0.39, 0.29) is 37.6 Å². The van der Waals surface area contributed by atoms with Gasteiger partial charge in [0.2, 0.25) is 0 Å². The lowest BCUT2D eigenvalue weighted by Gasteiger charge is -2.46. The van der Waals surface area contributed by atoms with Crippen LogP contribution in [0, 0.1) is 6.92 Å². The Balaban J connectivity index is 1.24. The van der Waals surface area contributed by atoms with Gasteiger partial charge in [-0.1, -0.05) is 6.07 Å². The van der Waals surface area contributed by atoms with Crippen LogP contribution in [0.5, 0.6) is 0 Å². The van der Waals surface area contributed by atoms with Crippen molar-refractivity contribution >= 4 is 17.8 Å². The van der Waals surface area contributed by atoms with E-state index in [0.29, 0.717) is 61.5 Å². The maximum Gasteiger partial charge on any atom is 0.338 e. The van der Waals surface area contributed by atoms with Crippen molar-refractivity contribution in [3.05, 3.63) is 45.7 Å². The molecule has 176 valence electrons. The number of benzene rings is 1. The van der Waals surface area contributed by atoms with Crippen molar-refractivity contribution in [2.75, 3.05) is 39.4 Å². The van der Waals surface area contributed by atoms with E-state index in [2.05, 4.69) is 0 Å². The molecule has 33 heavy (non-hydrogen) atoms. The second-order valence-electron chi connectivity index (χ2n) is 9.10. The van der Waals surface area contributed by atoms with Crippen molar-refractivity contribution in [2.24, 2.45) is 0 Å². The van der Waals surface area contributed by atoms with E-state index in [1.807, 2.05) is 11.8 Å². The summed E-state index contributed by atoms with van der Waals surface area (Å²) in [5.41, 5.74) is 2.75. The highest BCUT2D eigenvalue weighted by Crippen LogP contribution is 2.36. The predicted octanol–water partition coefficient (Wildman–Crippen LogP) is 2.20. The Morgan fingerprint density at radius 1 is 1.03 bits per heavy atom. The van der Waals surface area contributed by atoms with E-state index in [1.54, 1.807) is 24.0 Å². The van der Waals surface area contributed by atoms with Crippen LogP contribution in [0.4, 0.5) is 4.39 Å². The molecule has 1 aromatic carbocycles. The second kappa shape index (κ2) is 8.22. The topological polar surface area (TPSA) is 85.4 Å². The molecule has 0 N–H and O–H groups in total. The molecule has 9 heteroatoms. The third kappa shape index (κ3) is 3.63. The second-order valence-corrected chi connectivity index (χ2v) is 9.10. The maximum atomic E-state index is 15.3. The Morgan fingerprint density at radius 2 is 1.76 bits per heavy atom. The third-order valence-electron chi connectivity index (χ3n) is 7.36. The first-order valence-corrected chi connectivity index (χ1v) is 11.3. The van der Waals surface area contributed by atoms with Crippen LogP contribution in [0.1, 0.15) is 53.0 Å². The number of ether oxygens (including phenoxy) is 3. The minimum Gasteiger partial charge on any atom is -0.457 e. The van der Waals surface area contributed by atoms with Gasteiger partial charge >= 0.3 is 11.9 Å².